The van der Waals surface area contributed by atoms with Gasteiger partial charge in [0, 0.05) is 5.56 Å². The molecule has 0 saturated carbocycles. The third kappa shape index (κ3) is 2.20. The number of carbonyl (C=O) groups is 2. The van der Waals surface area contributed by atoms with E-state index in [0.29, 0.717) is 6.29 Å². The van der Waals surface area contributed by atoms with E-state index in [-0.39, 0.29) is 28.3 Å². The topological polar surface area (TPSA) is 67.2 Å². The van der Waals surface area contributed by atoms with E-state index < -0.39 is 5.97 Å². The highest BCUT2D eigenvalue weighted by molar-refractivity contribution is 6.34. The number of halogens is 1. The first-order valence-corrected chi connectivity index (χ1v) is 4.88. The van der Waals surface area contributed by atoms with Gasteiger partial charge in [-0.05, 0) is 19.1 Å². The first-order valence-electron chi connectivity index (χ1n) is 4.50. The zero-order chi connectivity index (χ0) is 12.1. The van der Waals surface area contributed by atoms with Crippen LogP contribution in [0, 0.1) is 11.3 Å². The van der Waals surface area contributed by atoms with Crippen LogP contribution in [0.4, 0.5) is 0 Å². The van der Waals surface area contributed by atoms with Crippen LogP contribution in [0.3, 0.4) is 0 Å². The maximum atomic E-state index is 11.5. The van der Waals surface area contributed by atoms with E-state index in [0.717, 1.165) is 0 Å². The van der Waals surface area contributed by atoms with Crippen LogP contribution >= 0.6 is 11.6 Å². The van der Waals surface area contributed by atoms with E-state index in [1.54, 1.807) is 13.0 Å². The standard InChI is InChI=1S/C11H8ClNO3/c1-2-16-11(15)10-8(5-13)7(6-14)3-4-9(10)12/h3-4,6H,2H2,1H3. The summed E-state index contributed by atoms with van der Waals surface area (Å²) in [4.78, 5) is 22.2. The molecule has 0 fully saturated rings. The lowest BCUT2D eigenvalue weighted by Gasteiger charge is -2.07. The molecule has 0 spiro atoms. The van der Waals surface area contributed by atoms with Crippen molar-refractivity contribution in [3.05, 3.63) is 33.8 Å². The zero-order valence-electron chi connectivity index (χ0n) is 8.49. The molecule has 0 atom stereocenters. The summed E-state index contributed by atoms with van der Waals surface area (Å²) in [6, 6.07) is 4.55. The highest BCUT2D eigenvalue weighted by Gasteiger charge is 2.19. The molecular formula is C11H8ClNO3. The van der Waals surface area contributed by atoms with Crippen molar-refractivity contribution < 1.29 is 14.3 Å². The molecule has 1 aromatic rings. The van der Waals surface area contributed by atoms with Gasteiger partial charge < -0.3 is 4.74 Å². The number of rotatable bonds is 3. The molecule has 0 aliphatic carbocycles. The van der Waals surface area contributed by atoms with Crippen molar-refractivity contribution in [2.45, 2.75) is 6.92 Å². The van der Waals surface area contributed by atoms with Crippen molar-refractivity contribution in [3.63, 3.8) is 0 Å². The number of hydrogen-bond donors (Lipinski definition) is 0. The Morgan fingerprint density at radius 3 is 2.81 bits per heavy atom. The number of nitrogens with zero attached hydrogens (tertiary/aromatic N) is 1. The average molecular weight is 238 g/mol. The second-order valence-corrected chi connectivity index (χ2v) is 3.24. The number of ether oxygens (including phenoxy) is 1. The van der Waals surface area contributed by atoms with Gasteiger partial charge in [-0.3, -0.25) is 4.79 Å². The summed E-state index contributed by atoms with van der Waals surface area (Å²) in [6.45, 7) is 1.81. The van der Waals surface area contributed by atoms with Crippen LogP contribution in [0.2, 0.25) is 5.02 Å². The molecule has 0 N–H and O–H groups in total. The van der Waals surface area contributed by atoms with Crippen molar-refractivity contribution >= 4 is 23.9 Å². The Morgan fingerprint density at radius 2 is 2.31 bits per heavy atom. The Bertz CT molecular complexity index is 477. The van der Waals surface area contributed by atoms with Gasteiger partial charge in [0.2, 0.25) is 0 Å². The van der Waals surface area contributed by atoms with Crippen molar-refractivity contribution in [1.82, 2.24) is 0 Å². The SMILES string of the molecule is CCOC(=O)c1c(Cl)ccc(C=O)c1C#N. The number of aldehydes is 1. The second kappa shape index (κ2) is 5.29. The number of carbonyl (C=O) groups excluding carboxylic acids is 2. The molecule has 0 aromatic heterocycles. The first kappa shape index (κ1) is 12.2. The second-order valence-electron chi connectivity index (χ2n) is 2.84. The van der Waals surface area contributed by atoms with E-state index in [1.165, 1.54) is 12.1 Å². The van der Waals surface area contributed by atoms with Crippen molar-refractivity contribution in [3.8, 4) is 6.07 Å². The molecule has 1 rings (SSSR count). The highest BCUT2D eigenvalue weighted by Crippen LogP contribution is 2.23. The Hall–Kier alpha value is -1.86. The average Bonchev–Trinajstić information content (AvgIpc) is 2.28. The molecule has 5 heteroatoms. The van der Waals surface area contributed by atoms with E-state index in [9.17, 15) is 9.59 Å². The van der Waals surface area contributed by atoms with Gasteiger partial charge in [0.05, 0.1) is 22.8 Å². The number of hydrogen-bond acceptors (Lipinski definition) is 4. The van der Waals surface area contributed by atoms with Crippen LogP contribution in [0.25, 0.3) is 0 Å². The summed E-state index contributed by atoms with van der Waals surface area (Å²) < 4.78 is 4.76. The fraction of sp³-hybridized carbons (Fsp3) is 0.182. The van der Waals surface area contributed by atoms with Crippen molar-refractivity contribution in [2.75, 3.05) is 6.61 Å². The van der Waals surface area contributed by atoms with Crippen LogP contribution in [-0.4, -0.2) is 18.9 Å². The van der Waals surface area contributed by atoms with Crippen LogP contribution in [0.5, 0.6) is 0 Å². The smallest absolute Gasteiger partial charge is 0.341 e. The Labute approximate surface area is 97.4 Å². The summed E-state index contributed by atoms with van der Waals surface area (Å²) in [7, 11) is 0. The van der Waals surface area contributed by atoms with Gasteiger partial charge in [-0.25, -0.2) is 4.79 Å². The Balaban J connectivity index is 3.41. The molecule has 16 heavy (non-hydrogen) atoms. The molecule has 0 radical (unpaired) electrons. The molecule has 0 amide bonds. The van der Waals surface area contributed by atoms with Crippen LogP contribution in [0.15, 0.2) is 12.1 Å². The minimum Gasteiger partial charge on any atom is -0.462 e. The van der Waals surface area contributed by atoms with Crippen molar-refractivity contribution in [2.24, 2.45) is 0 Å². The predicted molar refractivity (Wildman–Crippen MR) is 57.5 cm³/mol. The summed E-state index contributed by atoms with van der Waals surface area (Å²) in [5, 5.41) is 8.99. The number of nitriles is 1. The highest BCUT2D eigenvalue weighted by atomic mass is 35.5. The lowest BCUT2D eigenvalue weighted by molar-refractivity contribution is 0.0526. The van der Waals surface area contributed by atoms with Crippen molar-refractivity contribution in [1.29, 1.82) is 5.26 Å². The van der Waals surface area contributed by atoms with Crippen LogP contribution in [0.1, 0.15) is 33.2 Å². The molecule has 0 heterocycles. The molecule has 0 unspecified atom stereocenters. The van der Waals surface area contributed by atoms with Gasteiger partial charge in [0.1, 0.15) is 6.07 Å². The molecule has 82 valence electrons. The summed E-state index contributed by atoms with van der Waals surface area (Å²) in [6.07, 6.45) is 0.498. The fourth-order valence-electron chi connectivity index (χ4n) is 1.21. The lowest BCUT2D eigenvalue weighted by atomic mass is 10.0. The minimum atomic E-state index is -0.701. The van der Waals surface area contributed by atoms with Gasteiger partial charge in [-0.2, -0.15) is 5.26 Å². The number of esters is 1. The quantitative estimate of drug-likeness (QED) is 0.597. The molecule has 0 aliphatic heterocycles. The van der Waals surface area contributed by atoms with E-state index >= 15 is 0 Å². The molecule has 4 nitrogen and oxygen atoms in total. The van der Waals surface area contributed by atoms with Gasteiger partial charge in [-0.15, -0.1) is 0 Å². The van der Waals surface area contributed by atoms with Crippen LogP contribution < -0.4 is 0 Å². The molecule has 1 aromatic carbocycles. The number of benzene rings is 1. The monoisotopic (exact) mass is 237 g/mol. The Kier molecular flexibility index (Phi) is 4.03. The molecule has 0 bridgehead atoms. The van der Waals surface area contributed by atoms with Gasteiger partial charge >= 0.3 is 5.97 Å². The van der Waals surface area contributed by atoms with Gasteiger partial charge in [-0.1, -0.05) is 11.6 Å². The lowest BCUT2D eigenvalue weighted by Crippen LogP contribution is -2.09. The zero-order valence-corrected chi connectivity index (χ0v) is 9.25. The largest absolute Gasteiger partial charge is 0.462 e. The Morgan fingerprint density at radius 1 is 1.62 bits per heavy atom. The molecular weight excluding hydrogens is 230 g/mol. The van der Waals surface area contributed by atoms with Gasteiger partial charge in [0.25, 0.3) is 0 Å². The van der Waals surface area contributed by atoms with Gasteiger partial charge in [0.15, 0.2) is 6.29 Å². The maximum absolute atomic E-state index is 11.5. The summed E-state index contributed by atoms with van der Waals surface area (Å²) in [5.41, 5.74) is 0.00604. The fourth-order valence-corrected chi connectivity index (χ4v) is 1.45. The van der Waals surface area contributed by atoms with E-state index in [4.69, 9.17) is 21.6 Å². The van der Waals surface area contributed by atoms with Crippen LogP contribution in [-0.2, 0) is 4.74 Å². The third-order valence-corrected chi connectivity index (χ3v) is 2.22. The predicted octanol–water partition coefficient (Wildman–Crippen LogP) is 2.20. The summed E-state index contributed by atoms with van der Waals surface area (Å²) in [5.74, 6) is -0.701. The van der Waals surface area contributed by atoms with E-state index in [1.807, 2.05) is 0 Å². The first-order chi connectivity index (χ1) is 7.65. The normalized spacial score (nSPS) is 9.31. The maximum Gasteiger partial charge on any atom is 0.341 e. The third-order valence-electron chi connectivity index (χ3n) is 1.91. The summed E-state index contributed by atoms with van der Waals surface area (Å²) >= 11 is 5.80. The van der Waals surface area contributed by atoms with E-state index in [2.05, 4.69) is 0 Å². The molecule has 0 saturated heterocycles. The molecule has 0 aliphatic rings. The minimum absolute atomic E-state index is 0.0547.